The quantitative estimate of drug-likeness (QED) is 0.545. The predicted octanol–water partition coefficient (Wildman–Crippen LogP) is 4.91. The van der Waals surface area contributed by atoms with Crippen LogP contribution in [0.1, 0.15) is 61.5 Å². The molecule has 2 aliphatic heterocycles. The Kier molecular flexibility index (Phi) is 6.00. The van der Waals surface area contributed by atoms with Crippen LogP contribution in [-0.2, 0) is 0 Å². The summed E-state index contributed by atoms with van der Waals surface area (Å²) in [4.78, 5) is 21.5. The van der Waals surface area contributed by atoms with Crippen molar-refractivity contribution >= 4 is 16.8 Å². The van der Waals surface area contributed by atoms with E-state index in [4.69, 9.17) is 4.74 Å². The van der Waals surface area contributed by atoms with Crippen molar-refractivity contribution in [3.63, 3.8) is 0 Å². The second kappa shape index (κ2) is 9.41. The molecule has 0 unspecified atom stereocenters. The van der Waals surface area contributed by atoms with Crippen LogP contribution in [0.25, 0.3) is 10.9 Å². The van der Waals surface area contributed by atoms with Gasteiger partial charge in [-0.2, -0.15) is 0 Å². The summed E-state index contributed by atoms with van der Waals surface area (Å²) in [6.45, 7) is 3.88. The van der Waals surface area contributed by atoms with Gasteiger partial charge >= 0.3 is 0 Å². The van der Waals surface area contributed by atoms with Crippen molar-refractivity contribution in [2.75, 3.05) is 26.2 Å². The molecule has 0 bridgehead atoms. The van der Waals surface area contributed by atoms with Gasteiger partial charge in [-0.25, -0.2) is 0 Å². The lowest BCUT2D eigenvalue weighted by molar-refractivity contribution is 0.0494. The van der Waals surface area contributed by atoms with Crippen molar-refractivity contribution < 1.29 is 9.53 Å². The van der Waals surface area contributed by atoms with Gasteiger partial charge in [0.2, 0.25) is 0 Å². The molecule has 0 N–H and O–H groups in total. The summed E-state index contributed by atoms with van der Waals surface area (Å²) >= 11 is 0. The van der Waals surface area contributed by atoms with Gasteiger partial charge in [0.1, 0.15) is 17.5 Å². The number of carbonyl (C=O) groups excluding carboxylic acids is 1. The maximum absolute atomic E-state index is 12.7. The van der Waals surface area contributed by atoms with Crippen LogP contribution in [0.15, 0.2) is 54.9 Å². The largest absolute Gasteiger partial charge is 0.490 e. The van der Waals surface area contributed by atoms with E-state index in [-0.39, 0.29) is 5.91 Å². The molecular formula is C28H34N4O2. The molecule has 1 aliphatic carbocycles. The third-order valence-corrected chi connectivity index (χ3v) is 8.09. The number of pyridine rings is 1. The molecule has 6 nitrogen and oxygen atoms in total. The van der Waals surface area contributed by atoms with Crippen molar-refractivity contribution in [2.24, 2.45) is 0 Å². The summed E-state index contributed by atoms with van der Waals surface area (Å²) in [5.74, 6) is 1.03. The average Bonchev–Trinajstić information content (AvgIpc) is 3.28. The highest BCUT2D eigenvalue weighted by Gasteiger charge is 2.29. The Hall–Kier alpha value is -2.86. The molecule has 1 saturated carbocycles. The fraction of sp³-hybridized carbons (Fsp3) is 0.500. The van der Waals surface area contributed by atoms with Crippen LogP contribution in [0.5, 0.6) is 5.75 Å². The lowest BCUT2D eigenvalue weighted by Crippen LogP contribution is -2.46. The number of nitrogens with zero attached hydrogens (tertiary/aromatic N) is 4. The van der Waals surface area contributed by atoms with Crippen molar-refractivity contribution in [3.8, 4) is 5.75 Å². The van der Waals surface area contributed by atoms with Crippen LogP contribution in [0.4, 0.5) is 0 Å². The van der Waals surface area contributed by atoms with Crippen molar-refractivity contribution in [2.45, 2.75) is 63.1 Å². The number of fused-ring (bicyclic) bond motifs is 1. The number of carbonyl (C=O) groups is 1. The van der Waals surface area contributed by atoms with Gasteiger partial charge in [0.15, 0.2) is 0 Å². The lowest BCUT2D eigenvalue weighted by atomic mass is 9.90. The van der Waals surface area contributed by atoms with E-state index in [0.717, 1.165) is 50.6 Å². The molecule has 34 heavy (non-hydrogen) atoms. The molecular weight excluding hydrogens is 424 g/mol. The Bertz CT molecular complexity index is 1120. The average molecular weight is 459 g/mol. The molecule has 3 fully saturated rings. The number of benzene rings is 1. The first-order valence-electron chi connectivity index (χ1n) is 13.0. The predicted molar refractivity (Wildman–Crippen MR) is 133 cm³/mol. The highest BCUT2D eigenvalue weighted by atomic mass is 16.5. The number of amides is 1. The van der Waals surface area contributed by atoms with Crippen LogP contribution in [0, 0.1) is 0 Å². The van der Waals surface area contributed by atoms with Gasteiger partial charge in [-0.15, -0.1) is 0 Å². The van der Waals surface area contributed by atoms with E-state index in [1.165, 1.54) is 43.3 Å². The lowest BCUT2D eigenvalue weighted by Gasteiger charge is -2.41. The Labute approximate surface area is 201 Å². The van der Waals surface area contributed by atoms with E-state index in [1.54, 1.807) is 12.3 Å². The second-order valence-electron chi connectivity index (χ2n) is 10.1. The van der Waals surface area contributed by atoms with E-state index in [0.29, 0.717) is 17.8 Å². The highest BCUT2D eigenvalue weighted by Crippen LogP contribution is 2.32. The molecule has 2 saturated heterocycles. The van der Waals surface area contributed by atoms with Crippen molar-refractivity contribution in [3.05, 3.63) is 60.6 Å². The van der Waals surface area contributed by atoms with Gasteiger partial charge in [-0.1, -0.05) is 12.5 Å². The zero-order chi connectivity index (χ0) is 22.9. The molecule has 1 aromatic carbocycles. The molecule has 6 heteroatoms. The highest BCUT2D eigenvalue weighted by molar-refractivity contribution is 5.92. The molecule has 6 rings (SSSR count). The minimum atomic E-state index is 0.0386. The van der Waals surface area contributed by atoms with E-state index in [1.807, 2.05) is 17.0 Å². The molecule has 3 aromatic rings. The SMILES string of the molecule is O=C(c1ccccn1)N1CCC(n2ccc3cc(OC4CCN(C5CCC5)CC4)ccc32)CC1. The summed E-state index contributed by atoms with van der Waals surface area (Å²) in [6, 6.07) is 15.5. The maximum atomic E-state index is 12.7. The molecule has 0 atom stereocenters. The Morgan fingerprint density at radius 1 is 0.882 bits per heavy atom. The smallest absolute Gasteiger partial charge is 0.272 e. The zero-order valence-corrected chi connectivity index (χ0v) is 19.8. The summed E-state index contributed by atoms with van der Waals surface area (Å²) in [5, 5.41) is 1.23. The van der Waals surface area contributed by atoms with Crippen molar-refractivity contribution in [1.29, 1.82) is 0 Å². The monoisotopic (exact) mass is 458 g/mol. The van der Waals surface area contributed by atoms with Crippen LogP contribution in [0.2, 0.25) is 0 Å². The fourth-order valence-electron chi connectivity index (χ4n) is 5.84. The van der Waals surface area contributed by atoms with Gasteiger partial charge < -0.3 is 19.1 Å². The van der Waals surface area contributed by atoms with Gasteiger partial charge in [0.05, 0.1) is 0 Å². The summed E-state index contributed by atoms with van der Waals surface area (Å²) in [6.07, 6.45) is 12.6. The first kappa shape index (κ1) is 21.7. The van der Waals surface area contributed by atoms with Crippen molar-refractivity contribution in [1.82, 2.24) is 19.4 Å². The van der Waals surface area contributed by atoms with Gasteiger partial charge in [0, 0.05) is 61.6 Å². The molecule has 3 aliphatic rings. The molecule has 4 heterocycles. The Balaban J connectivity index is 1.06. The van der Waals surface area contributed by atoms with E-state index < -0.39 is 0 Å². The number of hydrogen-bond acceptors (Lipinski definition) is 4. The molecule has 2 aromatic heterocycles. The zero-order valence-electron chi connectivity index (χ0n) is 19.8. The van der Waals surface area contributed by atoms with Crippen LogP contribution in [-0.4, -0.2) is 63.6 Å². The molecule has 0 spiro atoms. The van der Waals surface area contributed by atoms with Crippen LogP contribution >= 0.6 is 0 Å². The van der Waals surface area contributed by atoms with Gasteiger partial charge in [0.25, 0.3) is 5.91 Å². The summed E-state index contributed by atoms with van der Waals surface area (Å²) in [5.41, 5.74) is 1.79. The molecule has 1 amide bonds. The fourth-order valence-corrected chi connectivity index (χ4v) is 5.84. The van der Waals surface area contributed by atoms with Crippen LogP contribution in [0.3, 0.4) is 0 Å². The topological polar surface area (TPSA) is 50.6 Å². The molecule has 178 valence electrons. The number of likely N-dealkylation sites (tertiary alicyclic amines) is 2. The standard InChI is InChI=1S/C28H34N4O2/c33-28(26-6-1-2-14-29-26)31-15-10-23(11-16-31)32-19-9-21-20-25(7-8-27(21)32)34-24-12-17-30(18-13-24)22-4-3-5-22/h1-2,6-9,14,19-20,22-24H,3-5,10-13,15-18H2. The minimum Gasteiger partial charge on any atom is -0.490 e. The second-order valence-corrected chi connectivity index (χ2v) is 10.1. The third-order valence-electron chi connectivity index (χ3n) is 8.09. The van der Waals surface area contributed by atoms with E-state index >= 15 is 0 Å². The van der Waals surface area contributed by atoms with E-state index in [2.05, 4.69) is 44.9 Å². The minimum absolute atomic E-state index is 0.0386. The number of rotatable bonds is 5. The van der Waals surface area contributed by atoms with E-state index in [9.17, 15) is 4.79 Å². The number of aromatic nitrogens is 2. The number of piperidine rings is 2. The maximum Gasteiger partial charge on any atom is 0.272 e. The number of hydrogen-bond donors (Lipinski definition) is 0. The van der Waals surface area contributed by atoms with Gasteiger partial charge in [-0.05, 0) is 74.9 Å². The Morgan fingerprint density at radius 3 is 2.41 bits per heavy atom. The van der Waals surface area contributed by atoms with Crippen LogP contribution < -0.4 is 4.74 Å². The first-order valence-corrected chi connectivity index (χ1v) is 13.0. The first-order chi connectivity index (χ1) is 16.7. The Morgan fingerprint density at radius 2 is 1.71 bits per heavy atom. The summed E-state index contributed by atoms with van der Waals surface area (Å²) < 4.78 is 8.78. The normalized spacial score (nSPS) is 21.0. The number of ether oxygens (including phenoxy) is 1. The third kappa shape index (κ3) is 4.31. The van der Waals surface area contributed by atoms with Gasteiger partial charge in [-0.3, -0.25) is 9.78 Å². The molecule has 0 radical (unpaired) electrons. The summed E-state index contributed by atoms with van der Waals surface area (Å²) in [7, 11) is 0.